The van der Waals surface area contributed by atoms with Gasteiger partial charge in [-0.25, -0.2) is 0 Å². The van der Waals surface area contributed by atoms with E-state index in [1.807, 2.05) is 18.2 Å². The molecule has 106 valence electrons. The van der Waals surface area contributed by atoms with Crippen LogP contribution >= 0.6 is 0 Å². The summed E-state index contributed by atoms with van der Waals surface area (Å²) in [5, 5.41) is 0. The summed E-state index contributed by atoms with van der Waals surface area (Å²) in [7, 11) is 0. The Morgan fingerprint density at radius 3 is 2.90 bits per heavy atom. The summed E-state index contributed by atoms with van der Waals surface area (Å²) in [5.41, 5.74) is 8.52. The summed E-state index contributed by atoms with van der Waals surface area (Å²) in [5.74, 6) is 2.78. The zero-order valence-corrected chi connectivity index (χ0v) is 11.8. The Kier molecular flexibility index (Phi) is 2.76. The van der Waals surface area contributed by atoms with E-state index < -0.39 is 0 Å². The minimum absolute atomic E-state index is 0.196. The highest BCUT2D eigenvalue weighted by molar-refractivity contribution is 5.97. The number of fused-ring (bicyclic) bond motifs is 3. The second-order valence-electron chi connectivity index (χ2n) is 6.85. The molecule has 1 aliphatic heterocycles. The van der Waals surface area contributed by atoms with Crippen LogP contribution in [-0.2, 0) is 6.42 Å². The van der Waals surface area contributed by atoms with Crippen molar-refractivity contribution in [3.05, 3.63) is 29.3 Å². The van der Waals surface area contributed by atoms with Gasteiger partial charge in [-0.05, 0) is 61.1 Å². The Morgan fingerprint density at radius 1 is 1.25 bits per heavy atom. The van der Waals surface area contributed by atoms with Gasteiger partial charge < -0.3 is 10.6 Å². The normalized spacial score (nSPS) is 31.7. The lowest BCUT2D eigenvalue weighted by molar-refractivity contribution is 0.0689. The average Bonchev–Trinajstić information content (AvgIpc) is 3.05. The highest BCUT2D eigenvalue weighted by Crippen LogP contribution is 2.48. The van der Waals surface area contributed by atoms with E-state index in [1.165, 1.54) is 25.7 Å². The third-order valence-electron chi connectivity index (χ3n) is 5.64. The predicted molar refractivity (Wildman–Crippen MR) is 79.4 cm³/mol. The molecule has 3 nitrogen and oxygen atoms in total. The van der Waals surface area contributed by atoms with Gasteiger partial charge in [0.25, 0.3) is 5.91 Å². The zero-order valence-electron chi connectivity index (χ0n) is 11.8. The van der Waals surface area contributed by atoms with Gasteiger partial charge in [-0.2, -0.15) is 0 Å². The number of hydrogen-bond acceptors (Lipinski definition) is 2. The number of carbonyl (C=O) groups excluding carboxylic acids is 1. The molecule has 3 atom stereocenters. The minimum atomic E-state index is 0.196. The number of amides is 1. The van der Waals surface area contributed by atoms with E-state index in [-0.39, 0.29) is 5.91 Å². The quantitative estimate of drug-likeness (QED) is 0.840. The first-order valence-electron chi connectivity index (χ1n) is 7.88. The third-order valence-corrected chi connectivity index (χ3v) is 5.64. The molecule has 20 heavy (non-hydrogen) atoms. The van der Waals surface area contributed by atoms with Crippen LogP contribution in [0.1, 0.15) is 41.6 Å². The van der Waals surface area contributed by atoms with Gasteiger partial charge in [-0.1, -0.05) is 12.5 Å². The van der Waals surface area contributed by atoms with Gasteiger partial charge in [0.1, 0.15) is 0 Å². The molecule has 1 amide bonds. The monoisotopic (exact) mass is 270 g/mol. The van der Waals surface area contributed by atoms with Crippen LogP contribution in [0.25, 0.3) is 0 Å². The van der Waals surface area contributed by atoms with E-state index in [0.29, 0.717) is 5.69 Å². The highest BCUT2D eigenvalue weighted by atomic mass is 16.2. The number of anilines is 1. The van der Waals surface area contributed by atoms with Crippen molar-refractivity contribution in [1.82, 2.24) is 4.90 Å². The molecular weight excluding hydrogens is 248 g/mol. The summed E-state index contributed by atoms with van der Waals surface area (Å²) in [6.45, 7) is 1.85. The summed E-state index contributed by atoms with van der Waals surface area (Å²) < 4.78 is 0. The maximum absolute atomic E-state index is 12.6. The molecule has 1 aromatic carbocycles. The Bertz CT molecular complexity index is 554. The summed E-state index contributed by atoms with van der Waals surface area (Å²) in [4.78, 5) is 14.7. The molecule has 3 unspecified atom stereocenters. The SMILES string of the molecule is Nc1ccc2c(c1)C(=O)N(CC1CC3CCC1C3)CC2. The maximum Gasteiger partial charge on any atom is 0.254 e. The summed E-state index contributed by atoms with van der Waals surface area (Å²) in [6, 6.07) is 5.76. The van der Waals surface area contributed by atoms with E-state index in [4.69, 9.17) is 5.73 Å². The molecule has 0 radical (unpaired) electrons. The summed E-state index contributed by atoms with van der Waals surface area (Å²) in [6.07, 6.45) is 6.55. The topological polar surface area (TPSA) is 46.3 Å². The van der Waals surface area contributed by atoms with Gasteiger partial charge in [0, 0.05) is 24.3 Å². The van der Waals surface area contributed by atoms with Crippen LogP contribution in [0.15, 0.2) is 18.2 Å². The van der Waals surface area contributed by atoms with Crippen molar-refractivity contribution in [2.75, 3.05) is 18.8 Å². The van der Waals surface area contributed by atoms with Gasteiger partial charge in [-0.15, -0.1) is 0 Å². The van der Waals surface area contributed by atoms with Crippen molar-refractivity contribution in [2.45, 2.75) is 32.1 Å². The van der Waals surface area contributed by atoms with Crippen LogP contribution < -0.4 is 5.73 Å². The van der Waals surface area contributed by atoms with Crippen molar-refractivity contribution in [1.29, 1.82) is 0 Å². The molecule has 2 aliphatic carbocycles. The van der Waals surface area contributed by atoms with E-state index in [9.17, 15) is 4.79 Å². The van der Waals surface area contributed by atoms with Gasteiger partial charge in [-0.3, -0.25) is 4.79 Å². The van der Waals surface area contributed by atoms with Crippen LogP contribution in [0.3, 0.4) is 0 Å². The van der Waals surface area contributed by atoms with Gasteiger partial charge in [0.05, 0.1) is 0 Å². The first-order chi connectivity index (χ1) is 9.70. The fourth-order valence-electron chi connectivity index (χ4n) is 4.60. The van der Waals surface area contributed by atoms with Crippen molar-refractivity contribution in [2.24, 2.45) is 17.8 Å². The molecule has 1 heterocycles. The third kappa shape index (κ3) is 1.91. The minimum Gasteiger partial charge on any atom is -0.399 e. The molecule has 3 aliphatic rings. The molecule has 2 bridgehead atoms. The van der Waals surface area contributed by atoms with Crippen LogP contribution in [0.4, 0.5) is 5.69 Å². The fraction of sp³-hybridized carbons (Fsp3) is 0.588. The second kappa shape index (κ2) is 4.51. The average molecular weight is 270 g/mol. The summed E-state index contributed by atoms with van der Waals surface area (Å²) >= 11 is 0. The molecule has 1 aromatic rings. The fourth-order valence-corrected chi connectivity index (χ4v) is 4.60. The van der Waals surface area contributed by atoms with Gasteiger partial charge >= 0.3 is 0 Å². The Morgan fingerprint density at radius 2 is 2.15 bits per heavy atom. The lowest BCUT2D eigenvalue weighted by Crippen LogP contribution is -2.41. The first-order valence-corrected chi connectivity index (χ1v) is 7.88. The second-order valence-corrected chi connectivity index (χ2v) is 6.85. The van der Waals surface area contributed by atoms with Crippen molar-refractivity contribution in [3.63, 3.8) is 0 Å². The number of hydrogen-bond donors (Lipinski definition) is 1. The number of nitrogens with two attached hydrogens (primary N) is 1. The number of nitrogens with zero attached hydrogens (tertiary/aromatic N) is 1. The number of benzene rings is 1. The molecule has 0 aromatic heterocycles. The lowest BCUT2D eigenvalue weighted by atomic mass is 9.87. The van der Waals surface area contributed by atoms with Crippen molar-refractivity contribution in [3.8, 4) is 0 Å². The molecule has 0 spiro atoms. The molecular formula is C17H22N2O. The molecule has 3 heteroatoms. The van der Waals surface area contributed by atoms with Crippen LogP contribution in [0, 0.1) is 17.8 Å². The largest absolute Gasteiger partial charge is 0.399 e. The Labute approximate surface area is 120 Å². The van der Waals surface area contributed by atoms with Gasteiger partial charge in [0.15, 0.2) is 0 Å². The molecule has 4 rings (SSSR count). The number of nitrogen functional groups attached to an aromatic ring is 1. The van der Waals surface area contributed by atoms with Gasteiger partial charge in [0.2, 0.25) is 0 Å². The number of rotatable bonds is 2. The predicted octanol–water partition coefficient (Wildman–Crippen LogP) is 2.70. The van der Waals surface area contributed by atoms with Crippen LogP contribution in [0.5, 0.6) is 0 Å². The molecule has 2 saturated carbocycles. The van der Waals surface area contributed by atoms with Crippen molar-refractivity contribution >= 4 is 11.6 Å². The Balaban J connectivity index is 1.52. The molecule has 2 fully saturated rings. The van der Waals surface area contributed by atoms with Crippen LogP contribution in [-0.4, -0.2) is 23.9 Å². The van der Waals surface area contributed by atoms with Crippen molar-refractivity contribution < 1.29 is 4.79 Å². The lowest BCUT2D eigenvalue weighted by Gasteiger charge is -2.33. The van der Waals surface area contributed by atoms with E-state index in [1.54, 1.807) is 0 Å². The first kappa shape index (κ1) is 12.2. The standard InChI is InChI=1S/C17H22N2O/c18-15-4-3-12-5-6-19(17(20)16(12)9-15)10-14-8-11-1-2-13(14)7-11/h3-4,9,11,13-14H,1-2,5-8,10,18H2. The van der Waals surface area contributed by atoms with E-state index in [0.717, 1.165) is 48.4 Å². The zero-order chi connectivity index (χ0) is 13.7. The molecule has 2 N–H and O–H groups in total. The maximum atomic E-state index is 12.6. The Hall–Kier alpha value is -1.51. The number of carbonyl (C=O) groups is 1. The van der Waals surface area contributed by atoms with Crippen LogP contribution in [0.2, 0.25) is 0 Å². The van der Waals surface area contributed by atoms with E-state index >= 15 is 0 Å². The highest BCUT2D eigenvalue weighted by Gasteiger charge is 2.41. The van der Waals surface area contributed by atoms with E-state index in [2.05, 4.69) is 4.90 Å². The smallest absolute Gasteiger partial charge is 0.254 e. The molecule has 0 saturated heterocycles.